The van der Waals surface area contributed by atoms with E-state index in [1.165, 1.54) is 13.8 Å². The Kier molecular flexibility index (Phi) is 10.3. The van der Waals surface area contributed by atoms with Crippen molar-refractivity contribution in [2.75, 3.05) is 19.8 Å². The van der Waals surface area contributed by atoms with E-state index in [4.69, 9.17) is 18.9 Å². The first-order valence-electron chi connectivity index (χ1n) is 11.3. The standard InChI is InChI=1S/C25H44O8/c1-21(2,3)17(26)15-23(7,8)18(27)31-16-24(9,10)33-20(29)25(11,12)19(28)30-13-14-32-22(4,5)6/h13-16H2,1-12H3. The van der Waals surface area contributed by atoms with E-state index in [0.717, 1.165) is 0 Å². The Morgan fingerprint density at radius 1 is 0.636 bits per heavy atom. The second kappa shape index (κ2) is 11.0. The highest BCUT2D eigenvalue weighted by Crippen LogP contribution is 2.30. The summed E-state index contributed by atoms with van der Waals surface area (Å²) in [7, 11) is 0. The number of carbonyl (C=O) groups is 4. The second-order valence-electron chi connectivity index (χ2n) is 12.2. The molecule has 192 valence electrons. The van der Waals surface area contributed by atoms with Crippen molar-refractivity contribution in [2.45, 2.75) is 101 Å². The Balaban J connectivity index is 4.88. The van der Waals surface area contributed by atoms with Crippen LogP contribution in [0.15, 0.2) is 0 Å². The molecule has 0 aliphatic heterocycles. The smallest absolute Gasteiger partial charge is 0.323 e. The zero-order chi connectivity index (χ0) is 26.5. The van der Waals surface area contributed by atoms with Crippen LogP contribution >= 0.6 is 0 Å². The van der Waals surface area contributed by atoms with Crippen molar-refractivity contribution in [2.24, 2.45) is 16.2 Å². The van der Waals surface area contributed by atoms with Gasteiger partial charge in [-0.15, -0.1) is 0 Å². The number of hydrogen-bond donors (Lipinski definition) is 0. The lowest BCUT2D eigenvalue weighted by Gasteiger charge is -2.31. The summed E-state index contributed by atoms with van der Waals surface area (Å²) in [5.41, 5.74) is -4.70. The number of rotatable bonds is 11. The molecule has 0 heterocycles. The fraction of sp³-hybridized carbons (Fsp3) is 0.840. The largest absolute Gasteiger partial charge is 0.462 e. The number of esters is 3. The summed E-state index contributed by atoms with van der Waals surface area (Å²) in [5.74, 6) is -2.16. The highest BCUT2D eigenvalue weighted by Gasteiger charge is 2.43. The normalized spacial score (nSPS) is 13.3. The maximum Gasteiger partial charge on any atom is 0.323 e. The minimum absolute atomic E-state index is 0.0101. The first-order chi connectivity index (χ1) is 14.5. The average molecular weight is 473 g/mol. The van der Waals surface area contributed by atoms with Gasteiger partial charge in [0.1, 0.15) is 24.6 Å². The molecule has 0 rings (SSSR count). The third-order valence-electron chi connectivity index (χ3n) is 4.78. The van der Waals surface area contributed by atoms with Crippen LogP contribution in [0.2, 0.25) is 0 Å². The molecule has 8 heteroatoms. The maximum absolute atomic E-state index is 12.7. The van der Waals surface area contributed by atoms with Crippen LogP contribution in [0.3, 0.4) is 0 Å². The number of hydrogen-bond acceptors (Lipinski definition) is 8. The number of carbonyl (C=O) groups excluding carboxylic acids is 4. The van der Waals surface area contributed by atoms with Crippen LogP contribution in [-0.4, -0.2) is 54.7 Å². The van der Waals surface area contributed by atoms with E-state index in [1.54, 1.807) is 48.5 Å². The summed E-state index contributed by atoms with van der Waals surface area (Å²) in [6.07, 6.45) is 0.0351. The lowest BCUT2D eigenvalue weighted by atomic mass is 9.79. The van der Waals surface area contributed by atoms with Gasteiger partial charge in [0.25, 0.3) is 0 Å². The third kappa shape index (κ3) is 11.1. The molecule has 0 radical (unpaired) electrons. The van der Waals surface area contributed by atoms with Crippen molar-refractivity contribution in [1.29, 1.82) is 0 Å². The summed E-state index contributed by atoms with van der Waals surface area (Å²) >= 11 is 0. The molecule has 0 atom stereocenters. The maximum atomic E-state index is 12.7. The molecule has 8 nitrogen and oxygen atoms in total. The molecule has 0 N–H and O–H groups in total. The van der Waals surface area contributed by atoms with Crippen molar-refractivity contribution >= 4 is 23.7 Å². The van der Waals surface area contributed by atoms with Crippen LogP contribution in [0.5, 0.6) is 0 Å². The number of ether oxygens (including phenoxy) is 4. The molecule has 33 heavy (non-hydrogen) atoms. The predicted octanol–water partition coefficient (Wildman–Crippen LogP) is 4.27. The minimum atomic E-state index is -1.55. The summed E-state index contributed by atoms with van der Waals surface area (Å²) in [5, 5.41) is 0. The molecular weight excluding hydrogens is 428 g/mol. The van der Waals surface area contributed by atoms with E-state index in [1.807, 2.05) is 20.8 Å². The average Bonchev–Trinajstić information content (AvgIpc) is 2.60. The molecule has 0 amide bonds. The molecule has 0 fully saturated rings. The fourth-order valence-corrected chi connectivity index (χ4v) is 2.33. The van der Waals surface area contributed by atoms with E-state index >= 15 is 0 Å². The van der Waals surface area contributed by atoms with Crippen LogP contribution in [0.25, 0.3) is 0 Å². The molecule has 0 aromatic heterocycles. The van der Waals surface area contributed by atoms with Gasteiger partial charge in [-0.1, -0.05) is 20.8 Å². The third-order valence-corrected chi connectivity index (χ3v) is 4.78. The Morgan fingerprint density at radius 3 is 1.61 bits per heavy atom. The van der Waals surface area contributed by atoms with E-state index in [2.05, 4.69) is 0 Å². The van der Waals surface area contributed by atoms with Gasteiger partial charge in [0.05, 0.1) is 17.6 Å². The second-order valence-corrected chi connectivity index (χ2v) is 12.2. The number of Topliss-reactive ketones (excluding diaryl/α,β-unsaturated/α-hetero) is 1. The summed E-state index contributed by atoms with van der Waals surface area (Å²) in [4.78, 5) is 50.0. The first kappa shape index (κ1) is 31.0. The SMILES string of the molecule is CC(C)(C)OCCOC(=O)C(C)(C)C(=O)OC(C)(C)COC(=O)C(C)(C)CC(=O)C(C)(C)C. The lowest BCUT2D eigenvalue weighted by molar-refractivity contribution is -0.186. The quantitative estimate of drug-likeness (QED) is 0.190. The van der Waals surface area contributed by atoms with E-state index < -0.39 is 39.8 Å². The molecule has 0 bridgehead atoms. The molecule has 0 aliphatic carbocycles. The van der Waals surface area contributed by atoms with Gasteiger partial charge in [0, 0.05) is 11.8 Å². The minimum Gasteiger partial charge on any atom is -0.462 e. The van der Waals surface area contributed by atoms with Crippen molar-refractivity contribution < 1.29 is 38.1 Å². The highest BCUT2D eigenvalue weighted by atomic mass is 16.6. The monoisotopic (exact) mass is 472 g/mol. The zero-order valence-electron chi connectivity index (χ0n) is 22.6. The van der Waals surface area contributed by atoms with Gasteiger partial charge in [-0.05, 0) is 62.3 Å². The predicted molar refractivity (Wildman–Crippen MR) is 124 cm³/mol. The van der Waals surface area contributed by atoms with Gasteiger partial charge >= 0.3 is 17.9 Å². The van der Waals surface area contributed by atoms with Crippen LogP contribution in [0.4, 0.5) is 0 Å². The Hall–Kier alpha value is -1.96. The molecule has 0 spiro atoms. The van der Waals surface area contributed by atoms with Gasteiger partial charge in [0.15, 0.2) is 5.41 Å². The van der Waals surface area contributed by atoms with Crippen molar-refractivity contribution in [3.63, 3.8) is 0 Å². The van der Waals surface area contributed by atoms with Gasteiger partial charge in [-0.2, -0.15) is 0 Å². The van der Waals surface area contributed by atoms with Crippen LogP contribution in [-0.2, 0) is 38.1 Å². The molecule has 0 aromatic rings. The zero-order valence-corrected chi connectivity index (χ0v) is 22.6. The van der Waals surface area contributed by atoms with Gasteiger partial charge in [-0.25, -0.2) is 0 Å². The Labute approximate surface area is 199 Å². The van der Waals surface area contributed by atoms with Gasteiger partial charge in [0.2, 0.25) is 0 Å². The Bertz CT molecular complexity index is 718. The molecule has 0 aliphatic rings. The highest BCUT2D eigenvalue weighted by molar-refractivity contribution is 5.99. The van der Waals surface area contributed by atoms with Gasteiger partial charge in [-0.3, -0.25) is 19.2 Å². The van der Waals surface area contributed by atoms with Crippen LogP contribution in [0.1, 0.15) is 89.5 Å². The number of ketones is 1. The molecule has 0 aromatic carbocycles. The molecule has 0 unspecified atom stereocenters. The van der Waals surface area contributed by atoms with E-state index in [0.29, 0.717) is 0 Å². The summed E-state index contributed by atoms with van der Waals surface area (Å²) in [6, 6.07) is 0. The Morgan fingerprint density at radius 2 is 1.15 bits per heavy atom. The van der Waals surface area contributed by atoms with Crippen molar-refractivity contribution in [3.05, 3.63) is 0 Å². The lowest BCUT2D eigenvalue weighted by Crippen LogP contribution is -2.44. The molecule has 0 saturated heterocycles. The summed E-state index contributed by atoms with van der Waals surface area (Å²) in [6.45, 7) is 20.3. The van der Waals surface area contributed by atoms with Gasteiger partial charge < -0.3 is 18.9 Å². The van der Waals surface area contributed by atoms with Crippen molar-refractivity contribution in [3.8, 4) is 0 Å². The van der Waals surface area contributed by atoms with Crippen molar-refractivity contribution in [1.82, 2.24) is 0 Å². The fourth-order valence-electron chi connectivity index (χ4n) is 2.33. The molecule has 0 saturated carbocycles. The summed E-state index contributed by atoms with van der Waals surface area (Å²) < 4.78 is 21.5. The van der Waals surface area contributed by atoms with E-state index in [9.17, 15) is 19.2 Å². The van der Waals surface area contributed by atoms with Crippen LogP contribution < -0.4 is 0 Å². The molecular formula is C25H44O8. The van der Waals surface area contributed by atoms with E-state index in [-0.39, 0.29) is 37.6 Å². The topological polar surface area (TPSA) is 105 Å². The first-order valence-corrected chi connectivity index (χ1v) is 11.3. The van der Waals surface area contributed by atoms with Crippen LogP contribution in [0, 0.1) is 16.2 Å².